The smallest absolute Gasteiger partial charge is 0.343 e. The highest BCUT2D eigenvalue weighted by molar-refractivity contribution is 5.88. The van der Waals surface area contributed by atoms with Crippen LogP contribution in [0.5, 0.6) is 0 Å². The quantitative estimate of drug-likeness (QED) is 0.539. The summed E-state index contributed by atoms with van der Waals surface area (Å²) in [5.41, 5.74) is 0.990. The molecule has 0 bridgehead atoms. The number of carbonyl (C=O) groups is 2. The Bertz CT molecular complexity index is 521. The number of nitro benzene ring substituents is 1. The minimum atomic E-state index is -1.30. The molecule has 102 valence electrons. The number of nitrogens with zero attached hydrogens (tertiary/aromatic N) is 1. The predicted molar refractivity (Wildman–Crippen MR) is 58.8 cm³/mol. The van der Waals surface area contributed by atoms with Crippen molar-refractivity contribution in [1.29, 1.82) is 0 Å². The lowest BCUT2D eigenvalue weighted by atomic mass is 10.2. The Morgan fingerprint density at radius 1 is 1.42 bits per heavy atom. The van der Waals surface area contributed by atoms with Gasteiger partial charge in [-0.1, -0.05) is 0 Å². The lowest BCUT2D eigenvalue weighted by Gasteiger charge is -2.06. The molecule has 0 radical (unpaired) electrons. The van der Waals surface area contributed by atoms with Gasteiger partial charge in [-0.15, -0.1) is 0 Å². The first-order chi connectivity index (χ1) is 8.88. The number of hydroxylamine groups is 1. The number of benzene rings is 1. The summed E-state index contributed by atoms with van der Waals surface area (Å²) in [6, 6.07) is 1.47. The average molecular weight is 273 g/mol. The fourth-order valence-electron chi connectivity index (χ4n) is 1.07. The normalized spacial score (nSPS) is 9.74. The summed E-state index contributed by atoms with van der Waals surface area (Å²) in [6.45, 7) is -0.767. The molecular formula is C9H8FN3O6. The van der Waals surface area contributed by atoms with Crippen LogP contribution in [-0.4, -0.2) is 28.6 Å². The zero-order valence-electron chi connectivity index (χ0n) is 9.25. The minimum absolute atomic E-state index is 0.178. The third-order valence-corrected chi connectivity index (χ3v) is 1.71. The molecule has 1 rings (SSSR count). The molecule has 1 aromatic rings. The van der Waals surface area contributed by atoms with Gasteiger partial charge in [-0.25, -0.2) is 19.5 Å². The van der Waals surface area contributed by atoms with Crippen molar-refractivity contribution in [3.05, 3.63) is 34.1 Å². The Kier molecular flexibility index (Phi) is 4.71. The van der Waals surface area contributed by atoms with Gasteiger partial charge >= 0.3 is 12.0 Å². The van der Waals surface area contributed by atoms with Crippen LogP contribution in [0, 0.1) is 15.9 Å². The number of nitro groups is 1. The third kappa shape index (κ3) is 4.95. The number of carboxylic acids is 1. The van der Waals surface area contributed by atoms with E-state index in [-0.39, 0.29) is 5.69 Å². The molecule has 10 heteroatoms. The number of carboxylic acid groups (broad SMARTS) is 1. The van der Waals surface area contributed by atoms with Crippen LogP contribution in [-0.2, 0) is 9.63 Å². The van der Waals surface area contributed by atoms with E-state index in [1.54, 1.807) is 5.48 Å². The monoisotopic (exact) mass is 273 g/mol. The molecule has 0 aliphatic rings. The maximum absolute atomic E-state index is 13.0. The number of nitrogens with one attached hydrogen (secondary N) is 2. The predicted octanol–water partition coefficient (Wildman–Crippen LogP) is 0.872. The topological polar surface area (TPSA) is 131 Å². The zero-order chi connectivity index (χ0) is 14.4. The molecule has 0 saturated heterocycles. The number of anilines is 1. The summed E-state index contributed by atoms with van der Waals surface area (Å²) in [5.74, 6) is -2.21. The van der Waals surface area contributed by atoms with Crippen molar-refractivity contribution in [3.63, 3.8) is 0 Å². The Labute approximate surface area is 105 Å². The highest BCUT2D eigenvalue weighted by Gasteiger charge is 2.11. The van der Waals surface area contributed by atoms with Crippen LogP contribution in [0.3, 0.4) is 0 Å². The van der Waals surface area contributed by atoms with Crippen molar-refractivity contribution in [2.75, 3.05) is 11.9 Å². The second-order valence-electron chi connectivity index (χ2n) is 3.19. The van der Waals surface area contributed by atoms with Gasteiger partial charge in [0.15, 0.2) is 6.61 Å². The molecule has 0 unspecified atom stereocenters. The molecule has 3 N–H and O–H groups in total. The van der Waals surface area contributed by atoms with Gasteiger partial charge in [-0.3, -0.25) is 15.0 Å². The molecular weight excluding hydrogens is 265 g/mol. The standard InChI is InChI=1S/C9H8FN3O6/c10-5-1-6(3-7(2-5)13(17)18)11-9(16)12-19-4-8(14)15/h1-3H,4H2,(H,14,15)(H2,11,12,16). The van der Waals surface area contributed by atoms with E-state index >= 15 is 0 Å². The molecule has 0 aliphatic carbocycles. The molecule has 0 heterocycles. The van der Waals surface area contributed by atoms with E-state index in [1.807, 2.05) is 5.32 Å². The van der Waals surface area contributed by atoms with Crippen LogP contribution >= 0.6 is 0 Å². The first-order valence-electron chi connectivity index (χ1n) is 4.74. The maximum Gasteiger partial charge on any atom is 0.343 e. The van der Waals surface area contributed by atoms with E-state index in [0.717, 1.165) is 12.1 Å². The first-order valence-corrected chi connectivity index (χ1v) is 4.74. The second kappa shape index (κ2) is 6.26. The van der Waals surface area contributed by atoms with Crippen molar-refractivity contribution < 1.29 is 28.8 Å². The number of non-ortho nitro benzene ring substituents is 1. The molecule has 0 spiro atoms. The molecule has 19 heavy (non-hydrogen) atoms. The first kappa shape index (κ1) is 14.3. The number of aliphatic carboxylic acids is 1. The Morgan fingerprint density at radius 3 is 2.68 bits per heavy atom. The van der Waals surface area contributed by atoms with E-state index in [9.17, 15) is 24.1 Å². The summed E-state index contributed by atoms with van der Waals surface area (Å²) >= 11 is 0. The van der Waals surface area contributed by atoms with E-state index in [0.29, 0.717) is 6.07 Å². The summed E-state index contributed by atoms with van der Waals surface area (Å²) < 4.78 is 13.0. The van der Waals surface area contributed by atoms with Crippen molar-refractivity contribution in [2.45, 2.75) is 0 Å². The van der Waals surface area contributed by atoms with Gasteiger partial charge < -0.3 is 10.4 Å². The molecule has 2 amide bonds. The van der Waals surface area contributed by atoms with E-state index in [2.05, 4.69) is 4.84 Å². The van der Waals surface area contributed by atoms with Gasteiger partial charge in [0, 0.05) is 6.07 Å². The lowest BCUT2D eigenvalue weighted by molar-refractivity contribution is -0.385. The van der Waals surface area contributed by atoms with Gasteiger partial charge in [-0.2, -0.15) is 0 Å². The van der Waals surface area contributed by atoms with Crippen LogP contribution < -0.4 is 10.8 Å². The van der Waals surface area contributed by atoms with E-state index in [4.69, 9.17) is 5.11 Å². The van der Waals surface area contributed by atoms with Gasteiger partial charge in [0.2, 0.25) is 0 Å². The molecule has 0 saturated carbocycles. The number of rotatable bonds is 5. The largest absolute Gasteiger partial charge is 0.479 e. The van der Waals surface area contributed by atoms with Crippen LogP contribution in [0.2, 0.25) is 0 Å². The van der Waals surface area contributed by atoms with Gasteiger partial charge in [0.1, 0.15) is 5.82 Å². The zero-order valence-corrected chi connectivity index (χ0v) is 9.25. The van der Waals surface area contributed by atoms with E-state index < -0.39 is 35.0 Å². The van der Waals surface area contributed by atoms with Crippen molar-refractivity contribution in [1.82, 2.24) is 5.48 Å². The lowest BCUT2D eigenvalue weighted by Crippen LogP contribution is -2.30. The van der Waals surface area contributed by atoms with Crippen LogP contribution in [0.4, 0.5) is 20.6 Å². The number of hydrogen-bond donors (Lipinski definition) is 3. The maximum atomic E-state index is 13.0. The Hall–Kier alpha value is -2.75. The summed E-state index contributed by atoms with van der Waals surface area (Å²) in [4.78, 5) is 35.1. The highest BCUT2D eigenvalue weighted by atomic mass is 19.1. The van der Waals surface area contributed by atoms with Crippen LogP contribution in [0.15, 0.2) is 18.2 Å². The number of hydrogen-bond acceptors (Lipinski definition) is 5. The number of urea groups is 1. The third-order valence-electron chi connectivity index (χ3n) is 1.71. The van der Waals surface area contributed by atoms with Crippen molar-refractivity contribution in [3.8, 4) is 0 Å². The molecule has 0 atom stereocenters. The number of halogens is 1. The number of carbonyl (C=O) groups excluding carboxylic acids is 1. The minimum Gasteiger partial charge on any atom is -0.479 e. The number of amides is 2. The fraction of sp³-hybridized carbons (Fsp3) is 0.111. The summed E-state index contributed by atoms with van der Waals surface area (Å²) in [6.07, 6.45) is 0. The molecule has 1 aromatic carbocycles. The Morgan fingerprint density at radius 2 is 2.11 bits per heavy atom. The van der Waals surface area contributed by atoms with Gasteiger partial charge in [0.25, 0.3) is 5.69 Å². The molecule has 0 aliphatic heterocycles. The van der Waals surface area contributed by atoms with Crippen LogP contribution in [0.25, 0.3) is 0 Å². The highest BCUT2D eigenvalue weighted by Crippen LogP contribution is 2.19. The van der Waals surface area contributed by atoms with Crippen molar-refractivity contribution >= 4 is 23.4 Å². The molecule has 9 nitrogen and oxygen atoms in total. The summed E-state index contributed by atoms with van der Waals surface area (Å²) in [5, 5.41) is 20.7. The van der Waals surface area contributed by atoms with E-state index in [1.165, 1.54) is 0 Å². The van der Waals surface area contributed by atoms with Gasteiger partial charge in [0.05, 0.1) is 16.7 Å². The summed E-state index contributed by atoms with van der Waals surface area (Å²) in [7, 11) is 0. The SMILES string of the molecule is O=C(O)CONC(=O)Nc1cc(F)cc([N+](=O)[O-])c1. The van der Waals surface area contributed by atoms with Crippen molar-refractivity contribution in [2.24, 2.45) is 0 Å². The molecule has 0 fully saturated rings. The average Bonchev–Trinajstić information content (AvgIpc) is 2.27. The Balaban J connectivity index is 2.63. The van der Waals surface area contributed by atoms with Crippen LogP contribution in [0.1, 0.15) is 0 Å². The second-order valence-corrected chi connectivity index (χ2v) is 3.19. The fourth-order valence-corrected chi connectivity index (χ4v) is 1.07. The van der Waals surface area contributed by atoms with Gasteiger partial charge in [-0.05, 0) is 6.07 Å². The molecule has 0 aromatic heterocycles.